The van der Waals surface area contributed by atoms with Gasteiger partial charge in [0.25, 0.3) is 0 Å². The van der Waals surface area contributed by atoms with Crippen LogP contribution in [0.4, 0.5) is 8.78 Å². The van der Waals surface area contributed by atoms with Gasteiger partial charge in [0.05, 0.1) is 18.8 Å². The first-order valence-corrected chi connectivity index (χ1v) is 11.7. The molecular formula is C18H22BrF2O5PS. The second kappa shape index (κ2) is 8.48. The molecule has 0 aliphatic heterocycles. The van der Waals surface area contributed by atoms with Crippen LogP contribution in [0.25, 0.3) is 10.1 Å². The summed E-state index contributed by atoms with van der Waals surface area (Å²) in [6, 6.07) is 4.53. The Balaban J connectivity index is 2.54. The number of carbonyl (C=O) groups is 1. The summed E-state index contributed by atoms with van der Waals surface area (Å²) in [7, 11) is -4.73. The van der Waals surface area contributed by atoms with Crippen molar-refractivity contribution >= 4 is 50.9 Å². The van der Waals surface area contributed by atoms with E-state index < -0.39 is 29.7 Å². The standard InChI is InChI=1S/C18H22BrF2O5PS/c1-6-24-27(23,25-7-2)18(20,21)15-14(19)12-10-11(8-9-13(12)28-15)16(22)26-17(3,4)5/h8-10H,6-7H2,1-5H3. The molecule has 0 saturated carbocycles. The maximum atomic E-state index is 15.1. The molecule has 28 heavy (non-hydrogen) atoms. The van der Waals surface area contributed by atoms with Crippen molar-refractivity contribution in [1.29, 1.82) is 0 Å². The molecule has 1 heterocycles. The van der Waals surface area contributed by atoms with E-state index in [1.807, 2.05) is 0 Å². The Morgan fingerprint density at radius 1 is 1.18 bits per heavy atom. The lowest BCUT2D eigenvalue weighted by Crippen LogP contribution is -2.23. The van der Waals surface area contributed by atoms with E-state index in [4.69, 9.17) is 13.8 Å². The smallest absolute Gasteiger partial charge is 0.405 e. The fourth-order valence-corrected chi connectivity index (χ4v) is 6.35. The van der Waals surface area contributed by atoms with Gasteiger partial charge in [0, 0.05) is 14.6 Å². The molecule has 10 heteroatoms. The minimum Gasteiger partial charge on any atom is -0.456 e. The lowest BCUT2D eigenvalue weighted by Gasteiger charge is -2.25. The van der Waals surface area contributed by atoms with Crippen LogP contribution in [-0.2, 0) is 24.0 Å². The summed E-state index contributed by atoms with van der Waals surface area (Å²) in [5.74, 6) is -0.560. The maximum absolute atomic E-state index is 15.1. The van der Waals surface area contributed by atoms with Crippen LogP contribution in [-0.4, -0.2) is 24.8 Å². The molecule has 2 aromatic rings. The highest BCUT2D eigenvalue weighted by Gasteiger charge is 2.57. The van der Waals surface area contributed by atoms with Gasteiger partial charge in [-0.3, -0.25) is 4.57 Å². The molecule has 5 nitrogen and oxygen atoms in total. The number of rotatable bonds is 7. The zero-order chi connectivity index (χ0) is 21.3. The highest BCUT2D eigenvalue weighted by molar-refractivity contribution is 9.10. The summed E-state index contributed by atoms with van der Waals surface area (Å²) >= 11 is 3.93. The number of alkyl halides is 2. The Bertz CT molecular complexity index is 913. The van der Waals surface area contributed by atoms with Crippen molar-refractivity contribution in [3.05, 3.63) is 33.1 Å². The fraction of sp³-hybridized carbons (Fsp3) is 0.500. The van der Waals surface area contributed by atoms with Gasteiger partial charge in [0.2, 0.25) is 0 Å². The van der Waals surface area contributed by atoms with E-state index in [1.54, 1.807) is 26.8 Å². The average Bonchev–Trinajstić information content (AvgIpc) is 2.90. The fourth-order valence-electron chi connectivity index (χ4n) is 2.39. The van der Waals surface area contributed by atoms with Gasteiger partial charge >= 0.3 is 19.2 Å². The summed E-state index contributed by atoms with van der Waals surface area (Å²) in [6.45, 7) is 7.78. The third-order valence-corrected chi connectivity index (χ3v) is 8.06. The third-order valence-electron chi connectivity index (χ3n) is 3.48. The van der Waals surface area contributed by atoms with Crippen molar-refractivity contribution in [2.45, 2.75) is 45.9 Å². The number of halogens is 3. The van der Waals surface area contributed by atoms with Crippen molar-refractivity contribution < 1.29 is 31.9 Å². The van der Waals surface area contributed by atoms with Crippen molar-refractivity contribution in [1.82, 2.24) is 0 Å². The molecule has 2 rings (SSSR count). The van der Waals surface area contributed by atoms with Crippen LogP contribution in [0, 0.1) is 0 Å². The second-order valence-electron chi connectivity index (χ2n) is 6.83. The monoisotopic (exact) mass is 498 g/mol. The number of thiophene rings is 1. The Morgan fingerprint density at radius 3 is 2.25 bits per heavy atom. The van der Waals surface area contributed by atoms with Crippen LogP contribution < -0.4 is 0 Å². The Morgan fingerprint density at radius 2 is 1.75 bits per heavy atom. The molecule has 0 unspecified atom stereocenters. The van der Waals surface area contributed by atoms with E-state index >= 15 is 8.78 Å². The van der Waals surface area contributed by atoms with Gasteiger partial charge in [-0.2, -0.15) is 8.78 Å². The number of esters is 1. The maximum Gasteiger partial charge on any atom is 0.405 e. The van der Waals surface area contributed by atoms with Gasteiger partial charge in [0.15, 0.2) is 0 Å². The van der Waals surface area contributed by atoms with Crippen molar-refractivity contribution in [3.63, 3.8) is 0 Å². The molecule has 0 saturated heterocycles. The molecule has 156 valence electrons. The summed E-state index contributed by atoms with van der Waals surface area (Å²) < 4.78 is 58.5. The zero-order valence-electron chi connectivity index (χ0n) is 16.2. The Kier molecular flexibility index (Phi) is 7.09. The number of benzene rings is 1. The molecule has 1 aromatic carbocycles. The van der Waals surface area contributed by atoms with Crippen LogP contribution in [0.1, 0.15) is 49.9 Å². The number of hydrogen-bond donors (Lipinski definition) is 0. The molecule has 0 aliphatic carbocycles. The predicted molar refractivity (Wildman–Crippen MR) is 109 cm³/mol. The second-order valence-corrected chi connectivity index (χ2v) is 10.8. The molecule has 0 bridgehead atoms. The van der Waals surface area contributed by atoms with Crippen LogP contribution in [0.2, 0.25) is 0 Å². The van der Waals surface area contributed by atoms with Crippen LogP contribution in [0.3, 0.4) is 0 Å². The molecule has 0 N–H and O–H groups in total. The minimum absolute atomic E-state index is 0.0440. The first-order chi connectivity index (χ1) is 12.9. The molecule has 0 fully saturated rings. The SMILES string of the molecule is CCOP(=O)(OCC)C(F)(F)c1sc2ccc(C(=O)OC(C)(C)C)cc2c1Br. The first kappa shape index (κ1) is 23.4. The van der Waals surface area contributed by atoms with Crippen LogP contribution in [0.5, 0.6) is 0 Å². The number of fused-ring (bicyclic) bond motifs is 1. The summed E-state index contributed by atoms with van der Waals surface area (Å²) in [5.41, 5.74) is -4.31. The van der Waals surface area contributed by atoms with E-state index in [-0.39, 0.29) is 23.2 Å². The lowest BCUT2D eigenvalue weighted by molar-refractivity contribution is 0.00696. The topological polar surface area (TPSA) is 61.8 Å². The predicted octanol–water partition coefficient (Wildman–Crippen LogP) is 6.93. The van der Waals surface area contributed by atoms with Gasteiger partial charge in [0.1, 0.15) is 10.5 Å². The third kappa shape index (κ3) is 4.65. The lowest BCUT2D eigenvalue weighted by atomic mass is 10.1. The minimum atomic E-state index is -4.73. The van der Waals surface area contributed by atoms with Gasteiger partial charge in [-0.15, -0.1) is 11.3 Å². The molecule has 0 radical (unpaired) electrons. The van der Waals surface area contributed by atoms with Gasteiger partial charge in [-0.05, 0) is 68.7 Å². The van der Waals surface area contributed by atoms with Gasteiger partial charge in [-0.25, -0.2) is 4.79 Å². The Labute approximate surface area is 175 Å². The quantitative estimate of drug-likeness (QED) is 0.305. The largest absolute Gasteiger partial charge is 0.456 e. The summed E-state index contributed by atoms with van der Waals surface area (Å²) in [6.07, 6.45) is 0. The average molecular weight is 499 g/mol. The Hall–Kier alpha value is -0.860. The van der Waals surface area contributed by atoms with Crippen LogP contribution >= 0.6 is 34.9 Å². The molecule has 1 aromatic heterocycles. The summed E-state index contributed by atoms with van der Waals surface area (Å²) in [5, 5.41) is 0.391. The summed E-state index contributed by atoms with van der Waals surface area (Å²) in [4.78, 5) is 11.8. The van der Waals surface area contributed by atoms with E-state index in [2.05, 4.69) is 15.9 Å². The first-order valence-electron chi connectivity index (χ1n) is 8.59. The van der Waals surface area contributed by atoms with E-state index in [1.165, 1.54) is 26.0 Å². The van der Waals surface area contributed by atoms with Crippen LogP contribution in [0.15, 0.2) is 22.7 Å². The van der Waals surface area contributed by atoms with Crippen molar-refractivity contribution in [2.75, 3.05) is 13.2 Å². The van der Waals surface area contributed by atoms with E-state index in [0.717, 1.165) is 11.3 Å². The van der Waals surface area contributed by atoms with Gasteiger partial charge in [-0.1, -0.05) is 0 Å². The molecular weight excluding hydrogens is 477 g/mol. The van der Waals surface area contributed by atoms with Crippen molar-refractivity contribution in [3.8, 4) is 0 Å². The van der Waals surface area contributed by atoms with Crippen molar-refractivity contribution in [2.24, 2.45) is 0 Å². The normalized spacial score (nSPS) is 13.1. The molecule has 0 spiro atoms. The zero-order valence-corrected chi connectivity index (χ0v) is 19.5. The van der Waals surface area contributed by atoms with Gasteiger partial charge < -0.3 is 13.8 Å². The number of ether oxygens (including phenoxy) is 1. The highest BCUT2D eigenvalue weighted by Crippen LogP contribution is 2.69. The van der Waals surface area contributed by atoms with E-state index in [0.29, 0.717) is 10.1 Å². The van der Waals surface area contributed by atoms with E-state index in [9.17, 15) is 9.36 Å². The number of carbonyl (C=O) groups excluding carboxylic acids is 1. The molecule has 0 atom stereocenters. The number of hydrogen-bond acceptors (Lipinski definition) is 6. The molecule has 0 aliphatic rings. The highest BCUT2D eigenvalue weighted by atomic mass is 79.9. The molecule has 0 amide bonds.